The molecule has 1 fully saturated rings. The van der Waals surface area contributed by atoms with Crippen molar-refractivity contribution in [2.75, 3.05) is 37.0 Å². The molecule has 12 nitrogen and oxygen atoms in total. The van der Waals surface area contributed by atoms with Crippen molar-refractivity contribution in [1.82, 2.24) is 10.1 Å². The minimum Gasteiger partial charge on any atom is -0.441 e. The van der Waals surface area contributed by atoms with Crippen LogP contribution >= 0.6 is 8.60 Å². The molecular formula is C18H23FN7O5P. The van der Waals surface area contributed by atoms with E-state index in [-0.39, 0.29) is 24.7 Å². The van der Waals surface area contributed by atoms with Crippen molar-refractivity contribution in [2.24, 2.45) is 16.7 Å². The Morgan fingerprint density at radius 1 is 1.41 bits per heavy atom. The van der Waals surface area contributed by atoms with Crippen LogP contribution in [0.1, 0.15) is 0 Å². The van der Waals surface area contributed by atoms with Gasteiger partial charge in [0.15, 0.2) is 0 Å². The molecule has 2 aromatic rings. The van der Waals surface area contributed by atoms with E-state index in [0.717, 1.165) is 5.12 Å². The highest BCUT2D eigenvalue weighted by molar-refractivity contribution is 7.39. The Kier molecular flexibility index (Phi) is 7.38. The van der Waals surface area contributed by atoms with Gasteiger partial charge >= 0.3 is 14.7 Å². The second-order valence-electron chi connectivity index (χ2n) is 6.82. The molecule has 1 aliphatic rings. The molecule has 1 saturated heterocycles. The summed E-state index contributed by atoms with van der Waals surface area (Å²) in [6.45, 7) is -0.0882. The Balaban J connectivity index is 1.74. The predicted molar refractivity (Wildman–Crippen MR) is 117 cm³/mol. The number of benzene rings is 1. The first-order valence-corrected chi connectivity index (χ1v) is 10.4. The molecule has 0 aliphatic carbocycles. The zero-order valence-electron chi connectivity index (χ0n) is 17.3. The summed E-state index contributed by atoms with van der Waals surface area (Å²) in [5.74, 6) is 5.50. The van der Waals surface area contributed by atoms with Gasteiger partial charge in [0.25, 0.3) is 0 Å². The minimum atomic E-state index is -2.55. The van der Waals surface area contributed by atoms with E-state index in [9.17, 15) is 9.18 Å². The summed E-state index contributed by atoms with van der Waals surface area (Å²) in [6, 6.07) is 7.65. The van der Waals surface area contributed by atoms with Crippen LogP contribution in [0.3, 0.4) is 0 Å². The maximum Gasteiger partial charge on any atom is 0.414 e. The third-order valence-corrected chi connectivity index (χ3v) is 4.90. The number of nitrogens with zero attached hydrogens (tertiary/aromatic N) is 5. The van der Waals surface area contributed by atoms with Crippen LogP contribution in [0.5, 0.6) is 0 Å². The van der Waals surface area contributed by atoms with E-state index in [4.69, 9.17) is 26.1 Å². The predicted octanol–water partition coefficient (Wildman–Crippen LogP) is 0.912. The number of halogens is 1. The first-order valence-electron chi connectivity index (χ1n) is 9.27. The molecule has 1 amide bonds. The maximum absolute atomic E-state index is 14.8. The van der Waals surface area contributed by atoms with E-state index in [1.54, 1.807) is 25.2 Å². The van der Waals surface area contributed by atoms with Gasteiger partial charge in [-0.3, -0.25) is 9.80 Å². The Morgan fingerprint density at radius 2 is 2.16 bits per heavy atom. The summed E-state index contributed by atoms with van der Waals surface area (Å²) in [7, 11) is 0.641. The standard InChI is InChI=1S/C18H23FN7O5P/c1-24(17(20)23-25(2)21)16-6-3-11(8-22-16)14-5-4-12(7-15(14)19)26-9-13(31-18(26)27)10-30-32(28)29/h3-8,13,28-29H,9-10,21H2,1-2H3,(H2,20,23)/t13-/m1/s1. The van der Waals surface area contributed by atoms with Crippen molar-refractivity contribution in [3.63, 3.8) is 0 Å². The molecule has 32 heavy (non-hydrogen) atoms. The average molecular weight is 467 g/mol. The fraction of sp³-hybridized carbons (Fsp3) is 0.278. The highest BCUT2D eigenvalue weighted by Gasteiger charge is 2.33. The summed E-state index contributed by atoms with van der Waals surface area (Å²) in [4.78, 5) is 36.7. The third-order valence-electron chi connectivity index (χ3n) is 4.52. The minimum absolute atomic E-state index is 0.0876. The number of hydrazine groups is 1. The smallest absolute Gasteiger partial charge is 0.414 e. The number of anilines is 2. The second-order valence-corrected chi connectivity index (χ2v) is 7.59. The van der Waals surface area contributed by atoms with E-state index in [2.05, 4.69) is 14.6 Å². The molecule has 1 aromatic heterocycles. The number of hydrogen-bond acceptors (Lipinski definition) is 9. The molecular weight excluding hydrogens is 444 g/mol. The molecule has 0 bridgehead atoms. The SMILES string of the molecule is CN(N)/N=C(\N)N(C)c1ccc(-c2ccc(N3C[C@H](COP(O)O)OC3=O)cc2F)cn1. The van der Waals surface area contributed by atoms with Gasteiger partial charge in [-0.2, -0.15) is 0 Å². The highest BCUT2D eigenvalue weighted by Crippen LogP contribution is 2.31. The summed E-state index contributed by atoms with van der Waals surface area (Å²) in [6.07, 6.45) is 0.115. The number of amides is 1. The van der Waals surface area contributed by atoms with E-state index < -0.39 is 26.6 Å². The van der Waals surface area contributed by atoms with Gasteiger partial charge in [0, 0.05) is 31.4 Å². The summed E-state index contributed by atoms with van der Waals surface area (Å²) < 4.78 is 24.6. The molecule has 1 aliphatic heterocycles. The van der Waals surface area contributed by atoms with Crippen molar-refractivity contribution in [3.8, 4) is 11.1 Å². The lowest BCUT2D eigenvalue weighted by atomic mass is 10.1. The molecule has 0 radical (unpaired) electrons. The number of ether oxygens (including phenoxy) is 1. The number of hydrogen-bond donors (Lipinski definition) is 4. The zero-order valence-corrected chi connectivity index (χ0v) is 18.2. The van der Waals surface area contributed by atoms with Gasteiger partial charge < -0.3 is 24.8 Å². The first-order chi connectivity index (χ1) is 15.2. The summed E-state index contributed by atoms with van der Waals surface area (Å²) in [5.41, 5.74) is 6.94. The van der Waals surface area contributed by atoms with Crippen LogP contribution in [0.15, 0.2) is 41.6 Å². The lowest BCUT2D eigenvalue weighted by Crippen LogP contribution is -2.37. The number of guanidine groups is 1. The van der Waals surface area contributed by atoms with Crippen LogP contribution in [-0.4, -0.2) is 65.3 Å². The Hall–Kier alpha value is -3.09. The van der Waals surface area contributed by atoms with Gasteiger partial charge in [-0.15, -0.1) is 5.10 Å². The molecule has 0 spiro atoms. The number of aromatic nitrogens is 1. The van der Waals surface area contributed by atoms with Crippen molar-refractivity contribution < 1.29 is 28.2 Å². The lowest BCUT2D eigenvalue weighted by molar-refractivity contribution is 0.0987. The van der Waals surface area contributed by atoms with Crippen LogP contribution < -0.4 is 21.4 Å². The van der Waals surface area contributed by atoms with Crippen LogP contribution in [0.2, 0.25) is 0 Å². The van der Waals surface area contributed by atoms with E-state index in [0.29, 0.717) is 17.1 Å². The second kappa shape index (κ2) is 10.0. The fourth-order valence-electron chi connectivity index (χ4n) is 2.96. The third kappa shape index (κ3) is 5.58. The molecule has 0 unspecified atom stereocenters. The number of pyridine rings is 1. The van der Waals surface area contributed by atoms with Crippen molar-refractivity contribution in [3.05, 3.63) is 42.3 Å². The van der Waals surface area contributed by atoms with Crippen molar-refractivity contribution in [1.29, 1.82) is 0 Å². The maximum atomic E-state index is 14.8. The molecule has 3 rings (SSSR count). The van der Waals surface area contributed by atoms with Gasteiger partial charge in [0.05, 0.1) is 18.8 Å². The van der Waals surface area contributed by atoms with Gasteiger partial charge in [-0.25, -0.2) is 25.1 Å². The Labute approximate surface area is 184 Å². The highest BCUT2D eigenvalue weighted by atomic mass is 31.2. The van der Waals surface area contributed by atoms with Crippen LogP contribution in [-0.2, 0) is 9.26 Å². The number of cyclic esters (lactones) is 1. The number of carbonyl (C=O) groups is 1. The average Bonchev–Trinajstić information content (AvgIpc) is 3.12. The number of hydrazone groups is 1. The summed E-state index contributed by atoms with van der Waals surface area (Å²) >= 11 is 0. The molecule has 0 saturated carbocycles. The van der Waals surface area contributed by atoms with E-state index >= 15 is 0 Å². The molecule has 14 heteroatoms. The van der Waals surface area contributed by atoms with Gasteiger partial charge in [0.1, 0.15) is 17.7 Å². The van der Waals surface area contributed by atoms with Gasteiger partial charge in [-0.05, 0) is 30.3 Å². The molecule has 172 valence electrons. The van der Waals surface area contributed by atoms with Crippen molar-refractivity contribution >= 4 is 32.2 Å². The topological polar surface area (TPSA) is 163 Å². The molecule has 1 atom stereocenters. The van der Waals surface area contributed by atoms with Gasteiger partial charge in [0.2, 0.25) is 5.96 Å². The normalized spacial score (nSPS) is 16.5. The fourth-order valence-corrected chi connectivity index (χ4v) is 3.26. The zero-order chi connectivity index (χ0) is 23.4. The monoisotopic (exact) mass is 467 g/mol. The molecule has 2 heterocycles. The van der Waals surface area contributed by atoms with Crippen molar-refractivity contribution in [2.45, 2.75) is 6.10 Å². The van der Waals surface area contributed by atoms with E-state index in [1.807, 2.05) is 0 Å². The Bertz CT molecular complexity index is 992. The molecule has 1 aromatic carbocycles. The van der Waals surface area contributed by atoms with Crippen LogP contribution in [0.4, 0.5) is 20.7 Å². The van der Waals surface area contributed by atoms with E-state index in [1.165, 1.54) is 35.2 Å². The van der Waals surface area contributed by atoms with Crippen LogP contribution in [0, 0.1) is 5.82 Å². The van der Waals surface area contributed by atoms with Gasteiger partial charge in [-0.1, -0.05) is 0 Å². The number of nitrogens with two attached hydrogens (primary N) is 2. The first kappa shape index (κ1) is 23.6. The lowest BCUT2D eigenvalue weighted by Gasteiger charge is -2.18. The summed E-state index contributed by atoms with van der Waals surface area (Å²) in [5, 5.41) is 4.95. The number of rotatable bonds is 7. The van der Waals surface area contributed by atoms with Crippen LogP contribution in [0.25, 0.3) is 11.1 Å². The largest absolute Gasteiger partial charge is 0.441 e. The molecule has 6 N–H and O–H groups in total. The number of carbonyl (C=O) groups excluding carboxylic acids is 1. The quantitative estimate of drug-likeness (QED) is 0.151. The Morgan fingerprint density at radius 3 is 2.75 bits per heavy atom.